The third kappa shape index (κ3) is 3.27. The second kappa shape index (κ2) is 5.77. The first kappa shape index (κ1) is 14.8. The fraction of sp³-hybridized carbons (Fsp3) is 0.143. The number of nitrogens with zero attached hydrogens (tertiary/aromatic N) is 3. The van der Waals surface area contributed by atoms with Gasteiger partial charge in [-0.1, -0.05) is 11.6 Å². The van der Waals surface area contributed by atoms with E-state index < -0.39 is 4.92 Å². The van der Waals surface area contributed by atoms with Crippen LogP contribution in [-0.4, -0.2) is 9.91 Å². The standard InChI is InChI=1S/C14H10ClN3O3/c1-8-3-10(7-16)4-9(2)14(8)21-13-6-11(18(19)20)5-12(15)17-13/h3-6H,1-2H3. The fourth-order valence-electron chi connectivity index (χ4n) is 1.90. The van der Waals surface area contributed by atoms with Crippen LogP contribution in [0.1, 0.15) is 16.7 Å². The number of nitro groups is 1. The molecule has 1 aromatic heterocycles. The molecule has 0 atom stereocenters. The highest BCUT2D eigenvalue weighted by molar-refractivity contribution is 6.29. The maximum atomic E-state index is 10.8. The van der Waals surface area contributed by atoms with Crippen molar-refractivity contribution in [1.82, 2.24) is 4.98 Å². The van der Waals surface area contributed by atoms with Gasteiger partial charge in [-0.15, -0.1) is 0 Å². The number of pyridine rings is 1. The zero-order chi connectivity index (χ0) is 15.6. The lowest BCUT2D eigenvalue weighted by Crippen LogP contribution is -1.96. The molecule has 21 heavy (non-hydrogen) atoms. The van der Waals surface area contributed by atoms with E-state index in [4.69, 9.17) is 21.6 Å². The van der Waals surface area contributed by atoms with Gasteiger partial charge in [0.1, 0.15) is 10.9 Å². The largest absolute Gasteiger partial charge is 0.438 e. The van der Waals surface area contributed by atoms with Crippen molar-refractivity contribution in [3.63, 3.8) is 0 Å². The maximum Gasteiger partial charge on any atom is 0.277 e. The molecule has 1 heterocycles. The average Bonchev–Trinajstić information content (AvgIpc) is 2.42. The lowest BCUT2D eigenvalue weighted by molar-refractivity contribution is -0.385. The second-order valence-electron chi connectivity index (χ2n) is 4.40. The Morgan fingerprint density at radius 3 is 2.43 bits per heavy atom. The quantitative estimate of drug-likeness (QED) is 0.487. The zero-order valence-electron chi connectivity index (χ0n) is 11.3. The van der Waals surface area contributed by atoms with Gasteiger partial charge in [-0.3, -0.25) is 10.1 Å². The van der Waals surface area contributed by atoms with Crippen LogP contribution in [0.5, 0.6) is 11.6 Å². The van der Waals surface area contributed by atoms with Gasteiger partial charge in [0.15, 0.2) is 0 Å². The van der Waals surface area contributed by atoms with Gasteiger partial charge in [-0.05, 0) is 37.1 Å². The summed E-state index contributed by atoms with van der Waals surface area (Å²) in [4.78, 5) is 14.1. The number of halogens is 1. The van der Waals surface area contributed by atoms with Crippen LogP contribution in [0.3, 0.4) is 0 Å². The molecule has 2 aromatic rings. The molecule has 2 rings (SSSR count). The summed E-state index contributed by atoms with van der Waals surface area (Å²) in [6, 6.07) is 7.73. The minimum absolute atomic E-state index is 0.0249. The van der Waals surface area contributed by atoms with Crippen molar-refractivity contribution in [3.8, 4) is 17.7 Å². The molecule has 0 aliphatic heterocycles. The van der Waals surface area contributed by atoms with E-state index >= 15 is 0 Å². The van der Waals surface area contributed by atoms with Crippen LogP contribution in [0.4, 0.5) is 5.69 Å². The van der Waals surface area contributed by atoms with Crippen LogP contribution in [0.25, 0.3) is 0 Å². The van der Waals surface area contributed by atoms with E-state index in [1.54, 1.807) is 26.0 Å². The van der Waals surface area contributed by atoms with Crippen molar-refractivity contribution in [3.05, 3.63) is 56.2 Å². The van der Waals surface area contributed by atoms with E-state index in [-0.39, 0.29) is 16.7 Å². The van der Waals surface area contributed by atoms with Gasteiger partial charge >= 0.3 is 0 Å². The molecule has 1 aromatic carbocycles. The smallest absolute Gasteiger partial charge is 0.277 e. The van der Waals surface area contributed by atoms with E-state index in [1.165, 1.54) is 6.07 Å². The van der Waals surface area contributed by atoms with Gasteiger partial charge in [0, 0.05) is 0 Å². The number of aromatic nitrogens is 1. The Labute approximate surface area is 125 Å². The topological polar surface area (TPSA) is 89.0 Å². The summed E-state index contributed by atoms with van der Waals surface area (Å²) in [5.74, 6) is 0.531. The predicted octanol–water partition coefficient (Wildman–Crippen LogP) is 3.92. The highest BCUT2D eigenvalue weighted by Crippen LogP contribution is 2.31. The molecule has 7 heteroatoms. The third-order valence-electron chi connectivity index (χ3n) is 2.76. The number of nitriles is 1. The number of rotatable bonds is 3. The Kier molecular flexibility index (Phi) is 4.05. The van der Waals surface area contributed by atoms with E-state index in [0.29, 0.717) is 11.3 Å². The van der Waals surface area contributed by atoms with Crippen LogP contribution in [0.2, 0.25) is 5.15 Å². The van der Waals surface area contributed by atoms with E-state index in [1.807, 2.05) is 0 Å². The number of hydrogen-bond donors (Lipinski definition) is 0. The van der Waals surface area contributed by atoms with E-state index in [9.17, 15) is 10.1 Å². The van der Waals surface area contributed by atoms with Crippen LogP contribution in [-0.2, 0) is 0 Å². The summed E-state index contributed by atoms with van der Waals surface area (Å²) >= 11 is 5.75. The molecule has 0 spiro atoms. The molecule has 0 aliphatic carbocycles. The minimum Gasteiger partial charge on any atom is -0.438 e. The molecule has 0 saturated carbocycles. The van der Waals surface area contributed by atoms with Crippen LogP contribution >= 0.6 is 11.6 Å². The summed E-state index contributed by atoms with van der Waals surface area (Å²) < 4.78 is 5.60. The monoisotopic (exact) mass is 303 g/mol. The average molecular weight is 304 g/mol. The zero-order valence-corrected chi connectivity index (χ0v) is 12.0. The lowest BCUT2D eigenvalue weighted by atomic mass is 10.1. The predicted molar refractivity (Wildman–Crippen MR) is 76.6 cm³/mol. The minimum atomic E-state index is -0.571. The molecule has 0 N–H and O–H groups in total. The summed E-state index contributed by atoms with van der Waals surface area (Å²) in [5, 5.41) is 19.7. The first-order chi connectivity index (χ1) is 9.90. The number of aryl methyl sites for hydroxylation is 2. The van der Waals surface area contributed by atoms with Gasteiger partial charge < -0.3 is 4.74 Å². The first-order valence-corrected chi connectivity index (χ1v) is 6.29. The summed E-state index contributed by atoms with van der Waals surface area (Å²) in [6.07, 6.45) is 0. The summed E-state index contributed by atoms with van der Waals surface area (Å²) in [7, 11) is 0. The molecule has 0 fully saturated rings. The molecular formula is C14H10ClN3O3. The van der Waals surface area contributed by atoms with Gasteiger partial charge in [-0.2, -0.15) is 5.26 Å². The first-order valence-electron chi connectivity index (χ1n) is 5.92. The van der Waals surface area contributed by atoms with Gasteiger partial charge in [0.05, 0.1) is 28.7 Å². The Morgan fingerprint density at radius 1 is 1.29 bits per heavy atom. The van der Waals surface area contributed by atoms with Crippen LogP contribution in [0.15, 0.2) is 24.3 Å². The Balaban J connectivity index is 2.44. The molecule has 0 unspecified atom stereocenters. The molecule has 0 bridgehead atoms. The molecule has 6 nitrogen and oxygen atoms in total. The van der Waals surface area contributed by atoms with Crippen LogP contribution < -0.4 is 4.74 Å². The highest BCUT2D eigenvalue weighted by Gasteiger charge is 2.14. The Bertz CT molecular complexity index is 746. The second-order valence-corrected chi connectivity index (χ2v) is 4.78. The number of benzene rings is 1. The van der Waals surface area contributed by atoms with Gasteiger partial charge in [0.25, 0.3) is 5.69 Å². The molecular weight excluding hydrogens is 294 g/mol. The van der Waals surface area contributed by atoms with Crippen molar-refractivity contribution in [2.75, 3.05) is 0 Å². The molecule has 106 valence electrons. The van der Waals surface area contributed by atoms with Crippen molar-refractivity contribution in [1.29, 1.82) is 5.26 Å². The Hall–Kier alpha value is -2.65. The normalized spacial score (nSPS) is 10.0. The van der Waals surface area contributed by atoms with E-state index in [2.05, 4.69) is 11.1 Å². The van der Waals surface area contributed by atoms with Crippen molar-refractivity contribution in [2.24, 2.45) is 0 Å². The van der Waals surface area contributed by atoms with Gasteiger partial charge in [-0.25, -0.2) is 4.98 Å². The van der Waals surface area contributed by atoms with Crippen molar-refractivity contribution in [2.45, 2.75) is 13.8 Å². The highest BCUT2D eigenvalue weighted by atomic mass is 35.5. The SMILES string of the molecule is Cc1cc(C#N)cc(C)c1Oc1cc([N+](=O)[O-])cc(Cl)n1. The number of hydrogen-bond acceptors (Lipinski definition) is 5. The third-order valence-corrected chi connectivity index (χ3v) is 2.96. The fourth-order valence-corrected chi connectivity index (χ4v) is 2.09. The summed E-state index contributed by atoms with van der Waals surface area (Å²) in [5.41, 5.74) is 1.78. The van der Waals surface area contributed by atoms with Crippen molar-refractivity contribution >= 4 is 17.3 Å². The molecule has 0 amide bonds. The van der Waals surface area contributed by atoms with Crippen molar-refractivity contribution < 1.29 is 9.66 Å². The van der Waals surface area contributed by atoms with Crippen LogP contribution in [0, 0.1) is 35.3 Å². The van der Waals surface area contributed by atoms with E-state index in [0.717, 1.165) is 17.2 Å². The molecule has 0 radical (unpaired) electrons. The van der Waals surface area contributed by atoms with Gasteiger partial charge in [0.2, 0.25) is 5.88 Å². The molecule has 0 aliphatic rings. The molecule has 0 saturated heterocycles. The maximum absolute atomic E-state index is 10.8. The number of ether oxygens (including phenoxy) is 1. The Morgan fingerprint density at radius 2 is 1.90 bits per heavy atom. The lowest BCUT2D eigenvalue weighted by Gasteiger charge is -2.11. The summed E-state index contributed by atoms with van der Waals surface area (Å²) in [6.45, 7) is 3.56.